The maximum atomic E-state index is 12.8. The summed E-state index contributed by atoms with van der Waals surface area (Å²) in [6.07, 6.45) is 2.59. The van der Waals surface area contributed by atoms with Crippen LogP contribution in [-0.2, 0) is 22.6 Å². The summed E-state index contributed by atoms with van der Waals surface area (Å²) >= 11 is 0. The molecule has 2 heterocycles. The van der Waals surface area contributed by atoms with E-state index in [0.717, 1.165) is 30.0 Å². The van der Waals surface area contributed by atoms with E-state index in [9.17, 15) is 4.79 Å². The van der Waals surface area contributed by atoms with Crippen molar-refractivity contribution >= 4 is 5.91 Å². The number of rotatable bonds is 5. The van der Waals surface area contributed by atoms with Crippen LogP contribution in [0.3, 0.4) is 0 Å². The number of carbonyl (C=O) groups is 1. The Labute approximate surface area is 142 Å². The van der Waals surface area contributed by atoms with Gasteiger partial charge in [-0.1, -0.05) is 18.2 Å². The molecular formula is C18H23N3O3. The average Bonchev–Trinajstić information content (AvgIpc) is 2.96. The Morgan fingerprint density at radius 3 is 2.96 bits per heavy atom. The molecule has 0 aliphatic carbocycles. The van der Waals surface area contributed by atoms with Crippen molar-refractivity contribution in [2.24, 2.45) is 0 Å². The van der Waals surface area contributed by atoms with Crippen molar-refractivity contribution in [3.63, 3.8) is 0 Å². The standard InChI is InChI=1S/C18H23N3O3/c1-14-5-3-4-6-17(14)24-13-18(22)20-11-15-7-9-19-21(15)10-8-16(20)12-23-2/h3-7,9,16H,8,10-13H2,1-2H3/t16-/m0/s1. The van der Waals surface area contributed by atoms with Gasteiger partial charge >= 0.3 is 0 Å². The van der Waals surface area contributed by atoms with Crippen LogP contribution in [0.2, 0.25) is 0 Å². The molecule has 0 saturated carbocycles. The lowest BCUT2D eigenvalue weighted by Crippen LogP contribution is -2.44. The molecule has 24 heavy (non-hydrogen) atoms. The maximum absolute atomic E-state index is 12.8. The van der Waals surface area contributed by atoms with E-state index in [4.69, 9.17) is 9.47 Å². The normalized spacial score (nSPS) is 17.2. The second-order valence-corrected chi connectivity index (χ2v) is 6.02. The molecule has 0 spiro atoms. The number of carbonyl (C=O) groups excluding carboxylic acids is 1. The molecule has 1 amide bonds. The van der Waals surface area contributed by atoms with Gasteiger partial charge in [-0.05, 0) is 31.0 Å². The van der Waals surface area contributed by atoms with Crippen LogP contribution in [0.15, 0.2) is 36.5 Å². The number of ether oxygens (including phenoxy) is 2. The van der Waals surface area contributed by atoms with E-state index in [1.807, 2.05) is 46.8 Å². The molecule has 0 radical (unpaired) electrons. The minimum absolute atomic E-state index is 0.0270. The summed E-state index contributed by atoms with van der Waals surface area (Å²) in [4.78, 5) is 14.6. The third-order valence-electron chi connectivity index (χ3n) is 4.38. The molecule has 1 atom stereocenters. The summed E-state index contributed by atoms with van der Waals surface area (Å²) in [6, 6.07) is 9.70. The number of methoxy groups -OCH3 is 1. The van der Waals surface area contributed by atoms with Gasteiger partial charge in [0.1, 0.15) is 5.75 Å². The number of benzene rings is 1. The highest BCUT2D eigenvalue weighted by molar-refractivity contribution is 5.78. The predicted molar refractivity (Wildman–Crippen MR) is 89.7 cm³/mol. The largest absolute Gasteiger partial charge is 0.484 e. The first-order valence-corrected chi connectivity index (χ1v) is 8.16. The van der Waals surface area contributed by atoms with Gasteiger partial charge < -0.3 is 14.4 Å². The fraction of sp³-hybridized carbons (Fsp3) is 0.444. The number of amides is 1. The van der Waals surface area contributed by atoms with E-state index in [-0.39, 0.29) is 18.6 Å². The lowest BCUT2D eigenvalue weighted by molar-refractivity contribution is -0.137. The van der Waals surface area contributed by atoms with E-state index < -0.39 is 0 Å². The third kappa shape index (κ3) is 3.59. The molecule has 1 aromatic heterocycles. The van der Waals surface area contributed by atoms with Gasteiger partial charge in [0, 0.05) is 19.9 Å². The molecular weight excluding hydrogens is 306 g/mol. The highest BCUT2D eigenvalue weighted by Gasteiger charge is 2.28. The van der Waals surface area contributed by atoms with Crippen LogP contribution in [0.25, 0.3) is 0 Å². The van der Waals surface area contributed by atoms with Crippen molar-refractivity contribution in [3.05, 3.63) is 47.8 Å². The molecule has 128 valence electrons. The Bertz CT molecular complexity index is 698. The van der Waals surface area contributed by atoms with Gasteiger partial charge in [-0.15, -0.1) is 0 Å². The SMILES string of the molecule is COC[C@@H]1CCn2nccc2CN1C(=O)COc1ccccc1C. The van der Waals surface area contributed by atoms with Gasteiger partial charge in [-0.2, -0.15) is 5.10 Å². The Hall–Kier alpha value is -2.34. The molecule has 1 aromatic carbocycles. The highest BCUT2D eigenvalue weighted by Crippen LogP contribution is 2.20. The maximum Gasteiger partial charge on any atom is 0.261 e. The van der Waals surface area contributed by atoms with Crippen LogP contribution in [0.5, 0.6) is 5.75 Å². The molecule has 3 rings (SSSR count). The fourth-order valence-corrected chi connectivity index (χ4v) is 3.02. The van der Waals surface area contributed by atoms with Gasteiger partial charge in [-0.3, -0.25) is 9.48 Å². The molecule has 1 aliphatic heterocycles. The molecule has 0 N–H and O–H groups in total. The van der Waals surface area contributed by atoms with Crippen LogP contribution >= 0.6 is 0 Å². The van der Waals surface area contributed by atoms with E-state index in [0.29, 0.717) is 13.2 Å². The summed E-state index contributed by atoms with van der Waals surface area (Å²) < 4.78 is 13.0. The number of nitrogens with zero attached hydrogens (tertiary/aromatic N) is 3. The Morgan fingerprint density at radius 2 is 2.17 bits per heavy atom. The molecule has 6 nitrogen and oxygen atoms in total. The lowest BCUT2D eigenvalue weighted by atomic mass is 10.2. The minimum atomic E-state index is -0.0325. The van der Waals surface area contributed by atoms with E-state index >= 15 is 0 Å². The molecule has 2 aromatic rings. The van der Waals surface area contributed by atoms with Crippen molar-refractivity contribution in [3.8, 4) is 5.75 Å². The molecule has 0 saturated heterocycles. The van der Waals surface area contributed by atoms with Gasteiger partial charge in [0.15, 0.2) is 6.61 Å². The summed E-state index contributed by atoms with van der Waals surface area (Å²) in [5.41, 5.74) is 2.06. The predicted octanol–water partition coefficient (Wildman–Crippen LogP) is 2.02. The van der Waals surface area contributed by atoms with Crippen molar-refractivity contribution in [1.29, 1.82) is 0 Å². The molecule has 1 aliphatic rings. The number of aromatic nitrogens is 2. The molecule has 0 fully saturated rings. The first-order chi connectivity index (χ1) is 11.7. The van der Waals surface area contributed by atoms with Gasteiger partial charge in [0.05, 0.1) is 24.9 Å². The first kappa shape index (κ1) is 16.5. The number of fused-ring (bicyclic) bond motifs is 1. The van der Waals surface area contributed by atoms with E-state index in [2.05, 4.69) is 5.10 Å². The number of aryl methyl sites for hydroxylation is 2. The van der Waals surface area contributed by atoms with Crippen LogP contribution < -0.4 is 4.74 Å². The van der Waals surface area contributed by atoms with Gasteiger partial charge in [0.25, 0.3) is 5.91 Å². The molecule has 6 heteroatoms. The Kier molecular flexibility index (Phi) is 5.15. The van der Waals surface area contributed by atoms with E-state index in [1.54, 1.807) is 13.3 Å². The second-order valence-electron chi connectivity index (χ2n) is 6.02. The first-order valence-electron chi connectivity index (χ1n) is 8.16. The summed E-state index contributed by atoms with van der Waals surface area (Å²) in [5.74, 6) is 0.712. The average molecular weight is 329 g/mol. The van der Waals surface area contributed by atoms with Crippen LogP contribution in [0.4, 0.5) is 0 Å². The van der Waals surface area contributed by atoms with Crippen molar-refractivity contribution in [1.82, 2.24) is 14.7 Å². The Morgan fingerprint density at radius 1 is 1.33 bits per heavy atom. The van der Waals surface area contributed by atoms with E-state index in [1.165, 1.54) is 0 Å². The van der Waals surface area contributed by atoms with Crippen molar-refractivity contribution < 1.29 is 14.3 Å². The topological polar surface area (TPSA) is 56.6 Å². The van der Waals surface area contributed by atoms with Crippen LogP contribution in [0, 0.1) is 6.92 Å². The number of hydrogen-bond acceptors (Lipinski definition) is 4. The smallest absolute Gasteiger partial charge is 0.261 e. The van der Waals surface area contributed by atoms with Gasteiger partial charge in [0.2, 0.25) is 0 Å². The zero-order chi connectivity index (χ0) is 16.9. The zero-order valence-electron chi connectivity index (χ0n) is 14.1. The van der Waals surface area contributed by atoms with Crippen LogP contribution in [0.1, 0.15) is 17.7 Å². The second kappa shape index (κ2) is 7.49. The van der Waals surface area contributed by atoms with Crippen molar-refractivity contribution in [2.45, 2.75) is 32.5 Å². The van der Waals surface area contributed by atoms with Crippen molar-refractivity contribution in [2.75, 3.05) is 20.3 Å². The highest BCUT2D eigenvalue weighted by atomic mass is 16.5. The summed E-state index contributed by atoms with van der Waals surface area (Å²) in [6.45, 7) is 3.83. The van der Waals surface area contributed by atoms with Gasteiger partial charge in [-0.25, -0.2) is 0 Å². The minimum Gasteiger partial charge on any atom is -0.484 e. The molecule has 0 bridgehead atoms. The summed E-state index contributed by atoms with van der Waals surface area (Å²) in [5, 5.41) is 4.32. The number of hydrogen-bond donors (Lipinski definition) is 0. The monoisotopic (exact) mass is 329 g/mol. The zero-order valence-corrected chi connectivity index (χ0v) is 14.1. The lowest BCUT2D eigenvalue weighted by Gasteiger charge is -2.29. The molecule has 0 unspecified atom stereocenters. The van der Waals surface area contributed by atoms with Crippen LogP contribution in [-0.4, -0.2) is 47.0 Å². The fourth-order valence-electron chi connectivity index (χ4n) is 3.02. The number of para-hydroxylation sites is 1. The third-order valence-corrected chi connectivity index (χ3v) is 4.38. The summed E-state index contributed by atoms with van der Waals surface area (Å²) in [7, 11) is 1.66. The Balaban J connectivity index is 1.71. The quantitative estimate of drug-likeness (QED) is 0.842.